The predicted octanol–water partition coefficient (Wildman–Crippen LogP) is 2.68. The summed E-state index contributed by atoms with van der Waals surface area (Å²) in [7, 11) is 1.79. The second kappa shape index (κ2) is 5.33. The maximum atomic E-state index is 13.9. The molecule has 1 saturated heterocycles. The lowest BCUT2D eigenvalue weighted by atomic mass is 9.97. The van der Waals surface area contributed by atoms with Crippen molar-refractivity contribution in [1.29, 1.82) is 0 Å². The maximum Gasteiger partial charge on any atom is 0.275 e. The summed E-state index contributed by atoms with van der Waals surface area (Å²) in [5, 5.41) is 2.76. The molecule has 0 saturated carbocycles. The fraction of sp³-hybridized carbons (Fsp3) is 0.571. The van der Waals surface area contributed by atoms with Gasteiger partial charge in [0.15, 0.2) is 0 Å². The largest absolute Gasteiger partial charge is 0.311 e. The molecule has 2 atom stereocenters. The Bertz CT molecular complexity index is 381. The summed E-state index contributed by atoms with van der Waals surface area (Å²) in [6, 6.07) is 9.12. The highest BCUT2D eigenvalue weighted by Crippen LogP contribution is 2.32. The van der Waals surface area contributed by atoms with Crippen LogP contribution in [0.25, 0.3) is 0 Å². The minimum absolute atomic E-state index is 0.000162. The van der Waals surface area contributed by atoms with Gasteiger partial charge in [-0.25, -0.2) is 8.78 Å². The Hall–Kier alpha value is -1.00. The molecular formula is C14H20F2N2. The molecule has 1 aromatic carbocycles. The average molecular weight is 254 g/mol. The third-order valence-electron chi connectivity index (χ3n) is 3.83. The van der Waals surface area contributed by atoms with Crippen molar-refractivity contribution in [3.8, 4) is 0 Å². The van der Waals surface area contributed by atoms with Gasteiger partial charge in [-0.1, -0.05) is 30.3 Å². The zero-order valence-corrected chi connectivity index (χ0v) is 10.9. The number of halogens is 2. The van der Waals surface area contributed by atoms with Crippen LogP contribution in [0.2, 0.25) is 0 Å². The Balaban J connectivity index is 2.13. The topological polar surface area (TPSA) is 15.3 Å². The fourth-order valence-electron chi connectivity index (χ4n) is 2.56. The van der Waals surface area contributed by atoms with Gasteiger partial charge < -0.3 is 5.32 Å². The molecule has 0 unspecified atom stereocenters. The Morgan fingerprint density at radius 3 is 2.61 bits per heavy atom. The first-order valence-electron chi connectivity index (χ1n) is 6.38. The van der Waals surface area contributed by atoms with E-state index in [1.54, 1.807) is 11.9 Å². The lowest BCUT2D eigenvalue weighted by Crippen LogP contribution is -2.56. The van der Waals surface area contributed by atoms with Gasteiger partial charge in [0.2, 0.25) is 0 Å². The number of alkyl halides is 2. The molecule has 2 nitrogen and oxygen atoms in total. The minimum Gasteiger partial charge on any atom is -0.311 e. The number of nitrogens with one attached hydrogen (secondary N) is 1. The number of piperidine rings is 1. The van der Waals surface area contributed by atoms with Crippen LogP contribution >= 0.6 is 0 Å². The van der Waals surface area contributed by atoms with E-state index in [-0.39, 0.29) is 12.6 Å². The van der Waals surface area contributed by atoms with E-state index in [9.17, 15) is 8.78 Å². The van der Waals surface area contributed by atoms with Gasteiger partial charge in [-0.3, -0.25) is 4.90 Å². The molecule has 0 radical (unpaired) electrons. The summed E-state index contributed by atoms with van der Waals surface area (Å²) in [6.07, 6.45) is 0.487. The number of hydrogen-bond acceptors (Lipinski definition) is 2. The Kier molecular flexibility index (Phi) is 3.97. The summed E-state index contributed by atoms with van der Waals surface area (Å²) >= 11 is 0. The second-order valence-corrected chi connectivity index (χ2v) is 4.99. The SMILES string of the molecule is C[C@H](c1ccccc1)N(C)[C@@H]1CCNCC1(F)F. The quantitative estimate of drug-likeness (QED) is 0.892. The third kappa shape index (κ3) is 2.70. The third-order valence-corrected chi connectivity index (χ3v) is 3.83. The Labute approximate surface area is 107 Å². The van der Waals surface area contributed by atoms with Gasteiger partial charge in [-0.15, -0.1) is 0 Å². The van der Waals surface area contributed by atoms with Crippen molar-refractivity contribution in [3.05, 3.63) is 35.9 Å². The summed E-state index contributed by atoms with van der Waals surface area (Å²) < 4.78 is 27.8. The van der Waals surface area contributed by atoms with Crippen molar-refractivity contribution in [3.63, 3.8) is 0 Å². The molecule has 0 aromatic heterocycles. The van der Waals surface area contributed by atoms with Crippen LogP contribution in [0.3, 0.4) is 0 Å². The van der Waals surface area contributed by atoms with Crippen LogP contribution in [0.5, 0.6) is 0 Å². The van der Waals surface area contributed by atoms with Crippen molar-refractivity contribution < 1.29 is 8.78 Å². The molecule has 1 aromatic rings. The van der Waals surface area contributed by atoms with Gasteiger partial charge in [0.05, 0.1) is 12.6 Å². The first kappa shape index (κ1) is 13.4. The van der Waals surface area contributed by atoms with Crippen molar-refractivity contribution in [2.75, 3.05) is 20.1 Å². The zero-order chi connectivity index (χ0) is 13.2. The first-order valence-corrected chi connectivity index (χ1v) is 6.38. The Morgan fingerprint density at radius 2 is 2.00 bits per heavy atom. The van der Waals surface area contributed by atoms with Crippen molar-refractivity contribution >= 4 is 0 Å². The van der Waals surface area contributed by atoms with E-state index in [0.29, 0.717) is 13.0 Å². The highest BCUT2D eigenvalue weighted by molar-refractivity contribution is 5.18. The molecule has 2 rings (SSSR count). The van der Waals surface area contributed by atoms with Gasteiger partial charge in [0.25, 0.3) is 5.92 Å². The van der Waals surface area contributed by atoms with Crippen molar-refractivity contribution in [2.24, 2.45) is 0 Å². The van der Waals surface area contributed by atoms with Crippen molar-refractivity contribution in [1.82, 2.24) is 10.2 Å². The molecule has 1 N–H and O–H groups in total. The molecule has 1 fully saturated rings. The number of hydrogen-bond donors (Lipinski definition) is 1. The smallest absolute Gasteiger partial charge is 0.275 e. The van der Waals surface area contributed by atoms with Crippen LogP contribution in [0.4, 0.5) is 8.78 Å². The lowest BCUT2D eigenvalue weighted by Gasteiger charge is -2.40. The first-order chi connectivity index (χ1) is 8.52. The van der Waals surface area contributed by atoms with E-state index in [1.807, 2.05) is 37.3 Å². The van der Waals surface area contributed by atoms with Crippen LogP contribution in [-0.2, 0) is 0 Å². The lowest BCUT2D eigenvalue weighted by molar-refractivity contribution is -0.0977. The predicted molar refractivity (Wildman–Crippen MR) is 68.8 cm³/mol. The highest BCUT2D eigenvalue weighted by Gasteiger charge is 2.44. The van der Waals surface area contributed by atoms with Gasteiger partial charge in [0.1, 0.15) is 0 Å². The maximum absolute atomic E-state index is 13.9. The number of nitrogens with zero attached hydrogens (tertiary/aromatic N) is 1. The minimum atomic E-state index is -2.66. The molecule has 1 aliphatic rings. The monoisotopic (exact) mass is 254 g/mol. The fourth-order valence-corrected chi connectivity index (χ4v) is 2.56. The van der Waals surface area contributed by atoms with Crippen LogP contribution in [0, 0.1) is 0 Å². The highest BCUT2D eigenvalue weighted by atomic mass is 19.3. The van der Waals surface area contributed by atoms with Crippen LogP contribution in [0.15, 0.2) is 30.3 Å². The molecule has 1 heterocycles. The number of benzene rings is 1. The van der Waals surface area contributed by atoms with Crippen LogP contribution in [0.1, 0.15) is 24.9 Å². The van der Waals surface area contributed by atoms with Gasteiger partial charge in [-0.05, 0) is 32.5 Å². The van der Waals surface area contributed by atoms with Gasteiger partial charge in [0, 0.05) is 6.04 Å². The molecular weight excluding hydrogens is 234 g/mol. The van der Waals surface area contributed by atoms with E-state index in [1.165, 1.54) is 0 Å². The molecule has 0 bridgehead atoms. The molecule has 0 aliphatic carbocycles. The summed E-state index contributed by atoms with van der Waals surface area (Å²) in [5.74, 6) is -2.66. The molecule has 1 aliphatic heterocycles. The van der Waals surface area contributed by atoms with E-state index < -0.39 is 12.0 Å². The van der Waals surface area contributed by atoms with E-state index >= 15 is 0 Å². The molecule has 0 spiro atoms. The molecule has 4 heteroatoms. The van der Waals surface area contributed by atoms with Crippen molar-refractivity contribution in [2.45, 2.75) is 31.4 Å². The van der Waals surface area contributed by atoms with E-state index in [4.69, 9.17) is 0 Å². The average Bonchev–Trinajstić information content (AvgIpc) is 2.37. The van der Waals surface area contributed by atoms with Gasteiger partial charge >= 0.3 is 0 Å². The van der Waals surface area contributed by atoms with Crippen LogP contribution < -0.4 is 5.32 Å². The summed E-state index contributed by atoms with van der Waals surface area (Å²) in [5.41, 5.74) is 1.08. The summed E-state index contributed by atoms with van der Waals surface area (Å²) in [4.78, 5) is 1.80. The normalized spacial score (nSPS) is 25.1. The van der Waals surface area contributed by atoms with Crippen LogP contribution in [-0.4, -0.2) is 37.0 Å². The van der Waals surface area contributed by atoms with E-state index in [0.717, 1.165) is 5.56 Å². The standard InChI is InChI=1S/C14H20F2N2/c1-11(12-6-4-3-5-7-12)18(2)13-8-9-17-10-14(13,15)16/h3-7,11,13,17H,8-10H2,1-2H3/t11-,13-/m1/s1. The molecule has 100 valence electrons. The summed E-state index contributed by atoms with van der Waals surface area (Å²) in [6.45, 7) is 2.42. The molecule has 0 amide bonds. The van der Waals surface area contributed by atoms with E-state index in [2.05, 4.69) is 5.32 Å². The molecule has 18 heavy (non-hydrogen) atoms. The number of rotatable bonds is 3. The second-order valence-electron chi connectivity index (χ2n) is 4.99. The van der Waals surface area contributed by atoms with Gasteiger partial charge in [-0.2, -0.15) is 0 Å². The zero-order valence-electron chi connectivity index (χ0n) is 10.9. The Morgan fingerprint density at radius 1 is 1.33 bits per heavy atom.